The Morgan fingerprint density at radius 1 is 1.28 bits per heavy atom. The average molecular weight is 302 g/mol. The van der Waals surface area contributed by atoms with Crippen LogP contribution in [0.3, 0.4) is 0 Å². The molecule has 0 fully saturated rings. The van der Waals surface area contributed by atoms with Gasteiger partial charge >= 0.3 is 0 Å². The lowest BCUT2D eigenvalue weighted by Gasteiger charge is -2.08. The molecule has 3 nitrogen and oxygen atoms in total. The van der Waals surface area contributed by atoms with E-state index in [0.29, 0.717) is 11.3 Å². The summed E-state index contributed by atoms with van der Waals surface area (Å²) in [4.78, 5) is 0. The zero-order valence-electron chi connectivity index (χ0n) is 9.54. The van der Waals surface area contributed by atoms with Gasteiger partial charge in [-0.15, -0.1) is 10.2 Å². The summed E-state index contributed by atoms with van der Waals surface area (Å²) in [5.74, 6) is 0.182. The second-order valence-electron chi connectivity index (χ2n) is 3.42. The number of hydrogen-bond donors (Lipinski definition) is 1. The van der Waals surface area contributed by atoms with Gasteiger partial charge in [-0.05, 0) is 24.0 Å². The van der Waals surface area contributed by atoms with Gasteiger partial charge in [0.25, 0.3) is 0 Å². The molecular weight excluding hydrogens is 291 g/mol. The molecule has 0 saturated heterocycles. The molecule has 2 aromatic rings. The van der Waals surface area contributed by atoms with Crippen molar-refractivity contribution >= 4 is 34.9 Å². The normalized spacial score (nSPS) is 12.6. The molecule has 0 radical (unpaired) electrons. The summed E-state index contributed by atoms with van der Waals surface area (Å²) in [6.45, 7) is 0. The van der Waals surface area contributed by atoms with Gasteiger partial charge in [-0.2, -0.15) is 0 Å². The van der Waals surface area contributed by atoms with E-state index < -0.39 is 6.10 Å². The minimum absolute atomic E-state index is 0.299. The van der Waals surface area contributed by atoms with E-state index in [-0.39, 0.29) is 5.82 Å². The van der Waals surface area contributed by atoms with Crippen molar-refractivity contribution in [1.82, 2.24) is 10.2 Å². The molecule has 7 heteroatoms. The first-order valence-electron chi connectivity index (χ1n) is 5.13. The number of aliphatic hydroxyl groups is 1. The smallest absolute Gasteiger partial charge is 0.175 e. The highest BCUT2D eigenvalue weighted by atomic mass is 32.2. The monoisotopic (exact) mass is 302 g/mol. The summed E-state index contributed by atoms with van der Waals surface area (Å²) in [6.07, 6.45) is 1.32. The predicted octanol–water partition coefficient (Wildman–Crippen LogP) is 3.22. The van der Waals surface area contributed by atoms with Crippen molar-refractivity contribution in [2.75, 3.05) is 12.0 Å². The molecule has 0 aliphatic carbocycles. The standard InChI is InChI=1S/C11H11FN2OS3/c1-16-10-13-14-11(18-10)17-6-9(15)7-2-4-8(12)5-3-7/h2-5,9,15H,6H2,1H3. The summed E-state index contributed by atoms with van der Waals surface area (Å²) < 4.78 is 14.5. The molecule has 1 N–H and O–H groups in total. The van der Waals surface area contributed by atoms with Crippen LogP contribution in [0, 0.1) is 5.82 Å². The number of rotatable bonds is 5. The third kappa shape index (κ3) is 3.68. The number of benzene rings is 1. The van der Waals surface area contributed by atoms with Gasteiger partial charge in [-0.25, -0.2) is 4.39 Å². The van der Waals surface area contributed by atoms with Crippen LogP contribution >= 0.6 is 34.9 Å². The third-order valence-electron chi connectivity index (χ3n) is 2.18. The molecule has 0 aliphatic rings. The second kappa shape index (κ2) is 6.51. The minimum Gasteiger partial charge on any atom is -0.388 e. The van der Waals surface area contributed by atoms with Gasteiger partial charge in [0.1, 0.15) is 5.82 Å². The summed E-state index contributed by atoms with van der Waals surface area (Å²) in [6, 6.07) is 5.88. The lowest BCUT2D eigenvalue weighted by atomic mass is 10.1. The summed E-state index contributed by atoms with van der Waals surface area (Å²) in [7, 11) is 0. The van der Waals surface area contributed by atoms with Crippen molar-refractivity contribution < 1.29 is 9.50 Å². The molecular formula is C11H11FN2OS3. The molecule has 96 valence electrons. The Bertz CT molecular complexity index is 503. The molecule has 1 unspecified atom stereocenters. The number of aromatic nitrogens is 2. The molecule has 1 aromatic heterocycles. The van der Waals surface area contributed by atoms with Gasteiger partial charge < -0.3 is 5.11 Å². The van der Waals surface area contributed by atoms with Crippen molar-refractivity contribution in [2.45, 2.75) is 14.8 Å². The number of halogens is 1. The molecule has 1 atom stereocenters. The quantitative estimate of drug-likeness (QED) is 0.859. The molecule has 0 spiro atoms. The van der Waals surface area contributed by atoms with Crippen LogP contribution in [0.1, 0.15) is 11.7 Å². The lowest BCUT2D eigenvalue weighted by Crippen LogP contribution is -2.00. The first-order chi connectivity index (χ1) is 8.69. The minimum atomic E-state index is -0.628. The Balaban J connectivity index is 1.91. The molecule has 1 aromatic carbocycles. The van der Waals surface area contributed by atoms with E-state index in [2.05, 4.69) is 10.2 Å². The first kappa shape index (κ1) is 13.8. The zero-order chi connectivity index (χ0) is 13.0. The van der Waals surface area contributed by atoms with Crippen LogP contribution in [-0.4, -0.2) is 27.3 Å². The van der Waals surface area contributed by atoms with E-state index in [1.807, 2.05) is 6.26 Å². The Hall–Kier alpha value is -0.630. The van der Waals surface area contributed by atoms with Crippen molar-refractivity contribution in [2.24, 2.45) is 0 Å². The van der Waals surface area contributed by atoms with Crippen molar-refractivity contribution in [3.05, 3.63) is 35.6 Å². The van der Waals surface area contributed by atoms with E-state index in [9.17, 15) is 9.50 Å². The van der Waals surface area contributed by atoms with E-state index in [0.717, 1.165) is 8.68 Å². The highest BCUT2D eigenvalue weighted by molar-refractivity contribution is 8.02. The fourth-order valence-electron chi connectivity index (χ4n) is 1.27. The summed E-state index contributed by atoms with van der Waals surface area (Å²) in [5, 5.41) is 17.9. The lowest BCUT2D eigenvalue weighted by molar-refractivity contribution is 0.204. The summed E-state index contributed by atoms with van der Waals surface area (Å²) >= 11 is 4.51. The maximum atomic E-state index is 12.7. The molecule has 0 saturated carbocycles. The van der Waals surface area contributed by atoms with Crippen LogP contribution in [0.5, 0.6) is 0 Å². The zero-order valence-corrected chi connectivity index (χ0v) is 12.0. The molecule has 0 bridgehead atoms. The molecule has 2 rings (SSSR count). The van der Waals surface area contributed by atoms with Gasteiger partial charge in [0.15, 0.2) is 8.68 Å². The van der Waals surface area contributed by atoms with Gasteiger partial charge in [-0.1, -0.05) is 47.0 Å². The SMILES string of the molecule is CSc1nnc(SCC(O)c2ccc(F)cc2)s1. The van der Waals surface area contributed by atoms with Gasteiger partial charge in [0, 0.05) is 5.75 Å². The average Bonchev–Trinajstić information content (AvgIpc) is 2.85. The fraction of sp³-hybridized carbons (Fsp3) is 0.273. The van der Waals surface area contributed by atoms with Crippen LogP contribution in [-0.2, 0) is 0 Å². The van der Waals surface area contributed by atoms with Gasteiger partial charge in [-0.3, -0.25) is 0 Å². The Kier molecular flexibility index (Phi) is 4.99. The van der Waals surface area contributed by atoms with Crippen LogP contribution in [0.25, 0.3) is 0 Å². The fourth-order valence-corrected chi connectivity index (χ4v) is 3.70. The van der Waals surface area contributed by atoms with E-state index in [1.54, 1.807) is 23.9 Å². The molecule has 1 heterocycles. The number of thioether (sulfide) groups is 2. The topological polar surface area (TPSA) is 46.0 Å². The van der Waals surface area contributed by atoms with Crippen molar-refractivity contribution in [1.29, 1.82) is 0 Å². The van der Waals surface area contributed by atoms with Crippen LogP contribution < -0.4 is 0 Å². The second-order valence-corrected chi connectivity index (χ2v) is 6.71. The molecule has 0 amide bonds. The van der Waals surface area contributed by atoms with Crippen LogP contribution in [0.2, 0.25) is 0 Å². The number of hydrogen-bond acceptors (Lipinski definition) is 6. The summed E-state index contributed by atoms with van der Waals surface area (Å²) in [5.41, 5.74) is 0.707. The van der Waals surface area contributed by atoms with E-state index in [1.165, 1.54) is 35.2 Å². The van der Waals surface area contributed by atoms with Gasteiger partial charge in [0.05, 0.1) is 6.10 Å². The highest BCUT2D eigenvalue weighted by Crippen LogP contribution is 2.30. The molecule has 0 aliphatic heterocycles. The molecule has 18 heavy (non-hydrogen) atoms. The third-order valence-corrected chi connectivity index (χ3v) is 5.29. The number of nitrogens with zero attached hydrogens (tertiary/aromatic N) is 2. The van der Waals surface area contributed by atoms with E-state index >= 15 is 0 Å². The Labute approximate surface area is 117 Å². The maximum absolute atomic E-state index is 12.7. The van der Waals surface area contributed by atoms with Crippen molar-refractivity contribution in [3.63, 3.8) is 0 Å². The highest BCUT2D eigenvalue weighted by Gasteiger charge is 2.10. The van der Waals surface area contributed by atoms with Gasteiger partial charge in [0.2, 0.25) is 0 Å². The van der Waals surface area contributed by atoms with Crippen LogP contribution in [0.15, 0.2) is 32.9 Å². The maximum Gasteiger partial charge on any atom is 0.175 e. The number of aliphatic hydroxyl groups excluding tert-OH is 1. The van der Waals surface area contributed by atoms with Crippen molar-refractivity contribution in [3.8, 4) is 0 Å². The predicted molar refractivity (Wildman–Crippen MR) is 73.8 cm³/mol. The van der Waals surface area contributed by atoms with Crippen LogP contribution in [0.4, 0.5) is 4.39 Å². The first-order valence-corrected chi connectivity index (χ1v) is 8.15. The Morgan fingerprint density at radius 2 is 1.94 bits per heavy atom. The Morgan fingerprint density at radius 3 is 2.56 bits per heavy atom. The largest absolute Gasteiger partial charge is 0.388 e. The van der Waals surface area contributed by atoms with E-state index in [4.69, 9.17) is 0 Å².